The summed E-state index contributed by atoms with van der Waals surface area (Å²) in [5, 5.41) is 6.66. The van der Waals surface area contributed by atoms with Crippen LogP contribution in [0.1, 0.15) is 48.6 Å². The molecule has 0 saturated carbocycles. The largest absolute Gasteiger partial charge is 0.367 e. The molecule has 1 aromatic heterocycles. The molecule has 2 saturated heterocycles. The summed E-state index contributed by atoms with van der Waals surface area (Å²) >= 11 is 6.71. The van der Waals surface area contributed by atoms with Crippen LogP contribution in [0.5, 0.6) is 0 Å². The summed E-state index contributed by atoms with van der Waals surface area (Å²) < 4.78 is 26.2. The van der Waals surface area contributed by atoms with E-state index in [4.69, 9.17) is 11.6 Å². The molecule has 0 aliphatic carbocycles. The van der Waals surface area contributed by atoms with Crippen molar-refractivity contribution in [1.29, 1.82) is 0 Å². The predicted octanol–water partition coefficient (Wildman–Crippen LogP) is 3.07. The molecule has 4 rings (SSSR count). The number of nitrogens with zero attached hydrogens (tertiary/aromatic N) is 3. The van der Waals surface area contributed by atoms with E-state index in [1.165, 1.54) is 6.20 Å². The molecule has 0 radical (unpaired) electrons. The van der Waals surface area contributed by atoms with E-state index in [1.54, 1.807) is 6.07 Å². The average molecular weight is 465 g/mol. The molecule has 0 spiro atoms. The molecule has 0 bridgehead atoms. The smallest absolute Gasteiger partial charge is 0.290 e. The highest BCUT2D eigenvalue weighted by Crippen LogP contribution is 2.39. The van der Waals surface area contributed by atoms with Gasteiger partial charge in [-0.1, -0.05) is 29.8 Å². The Balaban J connectivity index is 1.49. The van der Waals surface area contributed by atoms with Crippen molar-refractivity contribution in [3.8, 4) is 0 Å². The minimum absolute atomic E-state index is 0.136. The molecule has 2 aromatic rings. The van der Waals surface area contributed by atoms with Crippen LogP contribution in [0.4, 0.5) is 14.5 Å². The number of anilines is 1. The Hall–Kier alpha value is -2.81. The third-order valence-electron chi connectivity index (χ3n) is 6.15. The van der Waals surface area contributed by atoms with E-state index in [0.717, 1.165) is 28.7 Å². The minimum Gasteiger partial charge on any atom is -0.367 e. The Bertz CT molecular complexity index is 1080. The minimum atomic E-state index is -2.65. The predicted molar refractivity (Wildman–Crippen MR) is 115 cm³/mol. The zero-order valence-corrected chi connectivity index (χ0v) is 18.0. The van der Waals surface area contributed by atoms with Gasteiger partial charge in [0.15, 0.2) is 0 Å². The van der Waals surface area contributed by atoms with Crippen LogP contribution < -0.4 is 15.8 Å². The quantitative estimate of drug-likeness (QED) is 0.687. The van der Waals surface area contributed by atoms with Gasteiger partial charge < -0.3 is 4.90 Å². The number of halogens is 3. The maximum absolute atomic E-state index is 12.7. The number of carbonyl (C=O) groups excluding carboxylic acids is 2. The van der Waals surface area contributed by atoms with Crippen LogP contribution in [0.15, 0.2) is 35.3 Å². The van der Waals surface area contributed by atoms with E-state index in [2.05, 4.69) is 10.4 Å². The number of aromatic nitrogens is 2. The highest BCUT2D eigenvalue weighted by molar-refractivity contribution is 6.32. The number of hydrogen-bond acceptors (Lipinski definition) is 5. The Morgan fingerprint density at radius 1 is 1.09 bits per heavy atom. The van der Waals surface area contributed by atoms with Gasteiger partial charge in [0, 0.05) is 30.7 Å². The number of rotatable bonds is 5. The maximum Gasteiger partial charge on any atom is 0.290 e. The summed E-state index contributed by atoms with van der Waals surface area (Å²) in [7, 11) is 0. The van der Waals surface area contributed by atoms with Gasteiger partial charge in [-0.05, 0) is 42.4 Å². The molecule has 2 aliphatic heterocycles. The van der Waals surface area contributed by atoms with E-state index in [1.807, 2.05) is 23.1 Å². The molecule has 3 heterocycles. The van der Waals surface area contributed by atoms with E-state index in [0.29, 0.717) is 30.2 Å². The first-order valence-electron chi connectivity index (χ1n) is 10.6. The van der Waals surface area contributed by atoms with Crippen molar-refractivity contribution in [2.24, 2.45) is 0 Å². The summed E-state index contributed by atoms with van der Waals surface area (Å²) in [4.78, 5) is 38.2. The van der Waals surface area contributed by atoms with E-state index in [-0.39, 0.29) is 24.2 Å². The van der Waals surface area contributed by atoms with Gasteiger partial charge in [0.25, 0.3) is 12.0 Å². The van der Waals surface area contributed by atoms with Crippen LogP contribution >= 0.6 is 11.6 Å². The highest BCUT2D eigenvalue weighted by Gasteiger charge is 2.31. The van der Waals surface area contributed by atoms with Gasteiger partial charge in [-0.2, -0.15) is 5.10 Å². The first-order chi connectivity index (χ1) is 15.3. The number of piperidine rings is 2. The lowest BCUT2D eigenvalue weighted by Gasteiger charge is -2.34. The lowest BCUT2D eigenvalue weighted by molar-refractivity contribution is -0.134. The highest BCUT2D eigenvalue weighted by atomic mass is 35.5. The molecular formula is C22H23ClF2N4O3. The Labute approximate surface area is 188 Å². The second kappa shape index (κ2) is 9.36. The Kier molecular flexibility index (Phi) is 6.55. The van der Waals surface area contributed by atoms with Crippen molar-refractivity contribution in [3.05, 3.63) is 57.0 Å². The maximum atomic E-state index is 12.7. The summed E-state index contributed by atoms with van der Waals surface area (Å²) in [5.74, 6) is -0.912. The van der Waals surface area contributed by atoms with Crippen molar-refractivity contribution in [1.82, 2.24) is 15.1 Å². The van der Waals surface area contributed by atoms with Crippen LogP contribution in [0.3, 0.4) is 0 Å². The van der Waals surface area contributed by atoms with E-state index >= 15 is 0 Å². The third-order valence-corrected chi connectivity index (χ3v) is 6.59. The normalized spacial score (nSPS) is 20.0. The molecule has 10 heteroatoms. The number of hydrogen-bond donors (Lipinski definition) is 1. The number of benzene rings is 1. The molecule has 2 aliphatic rings. The monoisotopic (exact) mass is 464 g/mol. The van der Waals surface area contributed by atoms with Gasteiger partial charge >= 0.3 is 0 Å². The van der Waals surface area contributed by atoms with Gasteiger partial charge in [0.05, 0.1) is 5.92 Å². The molecule has 1 aromatic carbocycles. The number of carbonyl (C=O) groups is 2. The summed E-state index contributed by atoms with van der Waals surface area (Å²) in [6.45, 7) is 0.404. The molecule has 2 fully saturated rings. The summed E-state index contributed by atoms with van der Waals surface area (Å²) in [6.07, 6.45) is 0.860. The third kappa shape index (κ3) is 4.53. The van der Waals surface area contributed by atoms with Gasteiger partial charge in [0.1, 0.15) is 12.2 Å². The topological polar surface area (TPSA) is 84.3 Å². The van der Waals surface area contributed by atoms with Gasteiger partial charge in [0.2, 0.25) is 11.8 Å². The second-order valence-electron chi connectivity index (χ2n) is 8.11. The first kappa shape index (κ1) is 22.4. The molecule has 1 N–H and O–H groups in total. The van der Waals surface area contributed by atoms with Gasteiger partial charge in [-0.3, -0.25) is 19.7 Å². The molecule has 170 valence electrons. The number of nitrogens with one attached hydrogen (secondary N) is 1. The van der Waals surface area contributed by atoms with Crippen molar-refractivity contribution >= 4 is 29.1 Å². The summed E-state index contributed by atoms with van der Waals surface area (Å²) in [6, 6.07) is 7.20. The molecule has 32 heavy (non-hydrogen) atoms. The van der Waals surface area contributed by atoms with E-state index in [9.17, 15) is 23.2 Å². The van der Waals surface area contributed by atoms with Crippen molar-refractivity contribution in [2.45, 2.75) is 50.5 Å². The molecule has 7 nitrogen and oxygen atoms in total. The standard InChI is InChI=1S/C22H23ClF2N4O3/c23-20-14(2-1-3-15(20)16-4-5-19(30)27-21(16)31)13-7-10-28(11-8-13)17-6-9-26-29(22(17)32)12-18(24)25/h1-3,6,9,13,16,18H,4-5,7-8,10-12H2,(H,27,30,31). The van der Waals surface area contributed by atoms with Crippen molar-refractivity contribution in [2.75, 3.05) is 18.0 Å². The van der Waals surface area contributed by atoms with Crippen LogP contribution in [0.2, 0.25) is 5.02 Å². The van der Waals surface area contributed by atoms with Crippen LogP contribution in [-0.2, 0) is 16.1 Å². The Morgan fingerprint density at radius 3 is 2.50 bits per heavy atom. The fourth-order valence-corrected chi connectivity index (χ4v) is 4.93. The van der Waals surface area contributed by atoms with Crippen LogP contribution in [-0.4, -0.2) is 41.1 Å². The number of imide groups is 1. The van der Waals surface area contributed by atoms with E-state index < -0.39 is 24.4 Å². The zero-order chi connectivity index (χ0) is 22.8. The fourth-order valence-electron chi connectivity index (χ4n) is 4.52. The van der Waals surface area contributed by atoms with Gasteiger partial charge in [-0.15, -0.1) is 0 Å². The SMILES string of the molecule is O=C1CCC(c2cccc(C3CCN(c4ccnn(CC(F)F)c4=O)CC3)c2Cl)C(=O)N1. The average Bonchev–Trinajstić information content (AvgIpc) is 2.76. The van der Waals surface area contributed by atoms with Gasteiger partial charge in [-0.25, -0.2) is 13.5 Å². The lowest BCUT2D eigenvalue weighted by atomic mass is 9.84. The lowest BCUT2D eigenvalue weighted by Crippen LogP contribution is -2.40. The second-order valence-corrected chi connectivity index (χ2v) is 8.49. The van der Waals surface area contributed by atoms with Crippen molar-refractivity contribution in [3.63, 3.8) is 0 Å². The molecule has 2 amide bonds. The molecular weight excluding hydrogens is 442 g/mol. The Morgan fingerprint density at radius 2 is 1.81 bits per heavy atom. The number of amides is 2. The fraction of sp³-hybridized carbons (Fsp3) is 0.455. The van der Waals surface area contributed by atoms with Crippen LogP contribution in [0.25, 0.3) is 0 Å². The first-order valence-corrected chi connectivity index (χ1v) is 10.9. The zero-order valence-electron chi connectivity index (χ0n) is 17.3. The molecule has 1 unspecified atom stereocenters. The van der Waals surface area contributed by atoms with Crippen LogP contribution in [0, 0.1) is 0 Å². The summed E-state index contributed by atoms with van der Waals surface area (Å²) in [5.41, 5.74) is 1.51. The number of alkyl halides is 2. The van der Waals surface area contributed by atoms with Crippen molar-refractivity contribution < 1.29 is 18.4 Å². The molecule has 1 atom stereocenters.